The smallest absolute Gasteiger partial charge is 0.258 e. The van der Waals surface area contributed by atoms with Gasteiger partial charge in [0.25, 0.3) is 5.91 Å². The lowest BCUT2D eigenvalue weighted by Crippen LogP contribution is -2.48. The number of nitrogens with one attached hydrogen (secondary N) is 2. The third-order valence-corrected chi connectivity index (χ3v) is 6.58. The average molecular weight is 449 g/mol. The highest BCUT2D eigenvalue weighted by Crippen LogP contribution is 2.32. The molecule has 2 aliphatic rings. The average Bonchev–Trinajstić information content (AvgIpc) is 3.66. The highest BCUT2D eigenvalue weighted by atomic mass is 16.5. The Kier molecular flexibility index (Phi) is 7.87. The van der Waals surface area contributed by atoms with Crippen molar-refractivity contribution in [3.05, 3.63) is 65.7 Å². The van der Waals surface area contributed by atoms with Crippen molar-refractivity contribution in [2.45, 2.75) is 44.6 Å². The normalized spacial score (nSPS) is 20.9. The van der Waals surface area contributed by atoms with E-state index in [1.54, 1.807) is 0 Å². The molecule has 1 saturated carbocycles. The van der Waals surface area contributed by atoms with Gasteiger partial charge in [-0.3, -0.25) is 9.79 Å². The number of piperidine rings is 1. The standard InChI is InChI=1S/C27H36N4O2/c1-20-18-31(17-15-25(20)22-6-4-3-5-7-22)27(28-2)29-16-14-21-8-12-24(13-9-21)33-19-26(32)30-23-10-11-23/h3-9,12-13,20,23,25H,10-11,14-19H2,1-2H3,(H,28,29)(H,30,32). The predicted octanol–water partition coefficient (Wildman–Crippen LogP) is 3.59. The van der Waals surface area contributed by atoms with Crippen molar-refractivity contribution >= 4 is 11.9 Å². The van der Waals surface area contributed by atoms with Crippen LogP contribution in [0, 0.1) is 5.92 Å². The Morgan fingerprint density at radius 1 is 1.09 bits per heavy atom. The van der Waals surface area contributed by atoms with E-state index >= 15 is 0 Å². The molecule has 4 rings (SSSR count). The highest BCUT2D eigenvalue weighted by Gasteiger charge is 2.28. The van der Waals surface area contributed by atoms with Gasteiger partial charge in [0.1, 0.15) is 5.75 Å². The molecule has 2 atom stereocenters. The molecule has 176 valence electrons. The highest BCUT2D eigenvalue weighted by molar-refractivity contribution is 5.80. The van der Waals surface area contributed by atoms with E-state index in [0.717, 1.165) is 57.0 Å². The minimum Gasteiger partial charge on any atom is -0.484 e. The van der Waals surface area contributed by atoms with Crippen molar-refractivity contribution < 1.29 is 9.53 Å². The van der Waals surface area contributed by atoms with Gasteiger partial charge in [-0.15, -0.1) is 0 Å². The van der Waals surface area contributed by atoms with Crippen molar-refractivity contribution in [2.75, 3.05) is 33.3 Å². The number of nitrogens with zero attached hydrogens (tertiary/aromatic N) is 2. The monoisotopic (exact) mass is 448 g/mol. The molecule has 6 heteroatoms. The maximum Gasteiger partial charge on any atom is 0.258 e. The lowest BCUT2D eigenvalue weighted by atomic mass is 9.82. The van der Waals surface area contributed by atoms with Crippen LogP contribution in [0.1, 0.15) is 43.2 Å². The van der Waals surface area contributed by atoms with E-state index in [2.05, 4.69) is 69.9 Å². The van der Waals surface area contributed by atoms with E-state index in [1.807, 2.05) is 19.2 Å². The van der Waals surface area contributed by atoms with Gasteiger partial charge in [-0.2, -0.15) is 0 Å². The first-order valence-corrected chi connectivity index (χ1v) is 12.1. The molecule has 6 nitrogen and oxygen atoms in total. The summed E-state index contributed by atoms with van der Waals surface area (Å²) in [6.07, 6.45) is 4.22. The van der Waals surface area contributed by atoms with Gasteiger partial charge in [-0.1, -0.05) is 49.4 Å². The second-order valence-corrected chi connectivity index (χ2v) is 9.23. The fourth-order valence-corrected chi connectivity index (χ4v) is 4.58. The lowest BCUT2D eigenvalue weighted by Gasteiger charge is -2.39. The van der Waals surface area contributed by atoms with Gasteiger partial charge in [0, 0.05) is 32.7 Å². The summed E-state index contributed by atoms with van der Waals surface area (Å²) in [5, 5.41) is 6.47. The molecule has 2 aromatic rings. The lowest BCUT2D eigenvalue weighted by molar-refractivity contribution is -0.123. The van der Waals surface area contributed by atoms with Gasteiger partial charge < -0.3 is 20.3 Å². The molecule has 0 radical (unpaired) electrons. The molecule has 1 amide bonds. The van der Waals surface area contributed by atoms with Gasteiger partial charge in [0.2, 0.25) is 0 Å². The quantitative estimate of drug-likeness (QED) is 0.479. The number of aliphatic imine (C=N–C) groups is 1. The third-order valence-electron chi connectivity index (χ3n) is 6.58. The second-order valence-electron chi connectivity index (χ2n) is 9.23. The maximum atomic E-state index is 11.7. The summed E-state index contributed by atoms with van der Waals surface area (Å²) in [5.74, 6) is 2.86. The molecular weight excluding hydrogens is 412 g/mol. The van der Waals surface area contributed by atoms with Crippen LogP contribution in [0.5, 0.6) is 5.75 Å². The number of carbonyl (C=O) groups is 1. The number of guanidine groups is 1. The van der Waals surface area contributed by atoms with Crippen LogP contribution in [0.2, 0.25) is 0 Å². The Morgan fingerprint density at radius 3 is 2.52 bits per heavy atom. The second kappa shape index (κ2) is 11.2. The number of ether oxygens (including phenoxy) is 1. The first-order chi connectivity index (χ1) is 16.1. The summed E-state index contributed by atoms with van der Waals surface area (Å²) in [6.45, 7) is 5.27. The van der Waals surface area contributed by atoms with Crippen molar-refractivity contribution in [2.24, 2.45) is 10.9 Å². The molecule has 2 aromatic carbocycles. The molecule has 1 heterocycles. The molecule has 33 heavy (non-hydrogen) atoms. The molecule has 0 spiro atoms. The Hall–Kier alpha value is -3.02. The van der Waals surface area contributed by atoms with Crippen molar-refractivity contribution in [1.29, 1.82) is 0 Å². The minimum absolute atomic E-state index is 0.0423. The summed E-state index contributed by atoms with van der Waals surface area (Å²) >= 11 is 0. The van der Waals surface area contributed by atoms with Gasteiger partial charge in [0.15, 0.2) is 12.6 Å². The summed E-state index contributed by atoms with van der Waals surface area (Å²) in [7, 11) is 1.86. The van der Waals surface area contributed by atoms with Gasteiger partial charge in [0.05, 0.1) is 0 Å². The molecule has 1 aliphatic heterocycles. The molecule has 2 N–H and O–H groups in total. The number of amides is 1. The molecule has 1 saturated heterocycles. The van der Waals surface area contributed by atoms with Crippen molar-refractivity contribution in [3.63, 3.8) is 0 Å². The third kappa shape index (κ3) is 6.73. The fourth-order valence-electron chi connectivity index (χ4n) is 4.58. The maximum absolute atomic E-state index is 11.7. The van der Waals surface area contributed by atoms with Crippen LogP contribution in [-0.2, 0) is 11.2 Å². The molecule has 0 aromatic heterocycles. The topological polar surface area (TPSA) is 66.0 Å². The number of carbonyl (C=O) groups excluding carboxylic acids is 1. The van der Waals surface area contributed by atoms with Gasteiger partial charge in [-0.25, -0.2) is 0 Å². The van der Waals surface area contributed by atoms with Crippen molar-refractivity contribution in [1.82, 2.24) is 15.5 Å². The first kappa shape index (κ1) is 23.1. The van der Waals surface area contributed by atoms with Crippen LogP contribution in [-0.4, -0.2) is 56.1 Å². The van der Waals surface area contributed by atoms with Gasteiger partial charge >= 0.3 is 0 Å². The van der Waals surface area contributed by atoms with E-state index in [9.17, 15) is 4.79 Å². The van der Waals surface area contributed by atoms with Crippen LogP contribution >= 0.6 is 0 Å². The van der Waals surface area contributed by atoms with Crippen LogP contribution in [0.15, 0.2) is 59.6 Å². The number of likely N-dealkylation sites (tertiary alicyclic amines) is 1. The number of rotatable bonds is 8. The zero-order valence-corrected chi connectivity index (χ0v) is 19.8. The van der Waals surface area contributed by atoms with Crippen LogP contribution in [0.25, 0.3) is 0 Å². The number of benzene rings is 2. The van der Waals surface area contributed by atoms with E-state index in [0.29, 0.717) is 17.9 Å². The van der Waals surface area contributed by atoms with Crippen LogP contribution in [0.3, 0.4) is 0 Å². The molecule has 2 fully saturated rings. The summed E-state index contributed by atoms with van der Waals surface area (Å²) in [6, 6.07) is 19.2. The van der Waals surface area contributed by atoms with Crippen LogP contribution in [0.4, 0.5) is 0 Å². The number of hydrogen-bond donors (Lipinski definition) is 2. The van der Waals surface area contributed by atoms with E-state index < -0.39 is 0 Å². The van der Waals surface area contributed by atoms with Crippen LogP contribution < -0.4 is 15.4 Å². The predicted molar refractivity (Wildman–Crippen MR) is 133 cm³/mol. The largest absolute Gasteiger partial charge is 0.484 e. The zero-order chi connectivity index (χ0) is 23.0. The first-order valence-electron chi connectivity index (χ1n) is 12.1. The Morgan fingerprint density at radius 2 is 1.85 bits per heavy atom. The number of hydrogen-bond acceptors (Lipinski definition) is 3. The summed E-state index contributed by atoms with van der Waals surface area (Å²) in [4.78, 5) is 18.7. The molecule has 1 aliphatic carbocycles. The van der Waals surface area contributed by atoms with E-state index in [4.69, 9.17) is 4.74 Å². The summed E-state index contributed by atoms with van der Waals surface area (Å²) < 4.78 is 5.59. The SMILES string of the molecule is CN=C(NCCc1ccc(OCC(=O)NC2CC2)cc1)N1CCC(c2ccccc2)C(C)C1. The fraction of sp³-hybridized carbons (Fsp3) is 0.481. The molecule has 2 unspecified atom stereocenters. The Balaban J connectivity index is 1.19. The Labute approximate surface area is 197 Å². The zero-order valence-electron chi connectivity index (χ0n) is 19.8. The Bertz CT molecular complexity index is 925. The molecular formula is C27H36N4O2. The molecule has 0 bridgehead atoms. The summed E-state index contributed by atoms with van der Waals surface area (Å²) in [5.41, 5.74) is 2.67. The van der Waals surface area contributed by atoms with E-state index in [1.165, 1.54) is 11.1 Å². The minimum atomic E-state index is -0.0423. The van der Waals surface area contributed by atoms with Crippen molar-refractivity contribution in [3.8, 4) is 5.75 Å². The van der Waals surface area contributed by atoms with E-state index in [-0.39, 0.29) is 12.5 Å². The van der Waals surface area contributed by atoms with Gasteiger partial charge in [-0.05, 0) is 60.8 Å².